The van der Waals surface area contributed by atoms with Crippen LogP contribution in [0.5, 0.6) is 0 Å². The number of carboxylic acid groups (broad SMARTS) is 1. The molecule has 0 bridgehead atoms. The summed E-state index contributed by atoms with van der Waals surface area (Å²) in [5.41, 5.74) is -0.0887. The maximum absolute atomic E-state index is 10.9. The molecule has 0 atom stereocenters. The summed E-state index contributed by atoms with van der Waals surface area (Å²) < 4.78 is 0. The fourth-order valence-electron chi connectivity index (χ4n) is 1.07. The normalized spacial score (nSPS) is 10.2. The number of carbonyl (C=O) groups is 1. The van der Waals surface area contributed by atoms with E-state index in [1.165, 1.54) is 18.6 Å². The van der Waals surface area contributed by atoms with Crippen molar-refractivity contribution < 1.29 is 9.90 Å². The fraction of sp³-hybridized carbons (Fsp3) is 0. The van der Waals surface area contributed by atoms with Crippen molar-refractivity contribution in [2.75, 3.05) is 0 Å². The molecule has 2 aromatic rings. The maximum Gasteiger partial charge on any atom is 0.357 e. The maximum atomic E-state index is 10.9. The van der Waals surface area contributed by atoms with Gasteiger partial charge >= 0.3 is 5.97 Å². The first kappa shape index (κ1) is 11.8. The number of pyridine rings is 1. The van der Waals surface area contributed by atoms with Crippen molar-refractivity contribution in [3.63, 3.8) is 0 Å². The van der Waals surface area contributed by atoms with Crippen LogP contribution in [-0.2, 0) is 0 Å². The summed E-state index contributed by atoms with van der Waals surface area (Å²) in [5.74, 6) is -1.12. The molecule has 2 aromatic heterocycles. The molecule has 0 unspecified atom stereocenters. The van der Waals surface area contributed by atoms with Gasteiger partial charge in [0.15, 0.2) is 5.69 Å². The smallest absolute Gasteiger partial charge is 0.357 e. The van der Waals surface area contributed by atoms with Gasteiger partial charge < -0.3 is 5.11 Å². The predicted octanol–water partition coefficient (Wildman–Crippen LogP) is 2.37. The second-order valence-electron chi connectivity index (χ2n) is 2.93. The molecule has 7 heteroatoms. The number of aromatic nitrogens is 3. The second kappa shape index (κ2) is 5.11. The number of hydrogen-bond donors (Lipinski definition) is 1. The van der Waals surface area contributed by atoms with Crippen molar-refractivity contribution in [1.82, 2.24) is 15.0 Å². The lowest BCUT2D eigenvalue weighted by Gasteiger charge is -2.02. The molecule has 0 aromatic carbocycles. The Morgan fingerprint density at radius 1 is 1.24 bits per heavy atom. The van der Waals surface area contributed by atoms with Crippen LogP contribution in [0.2, 0.25) is 5.02 Å². The van der Waals surface area contributed by atoms with Crippen molar-refractivity contribution >= 4 is 29.3 Å². The van der Waals surface area contributed by atoms with Gasteiger partial charge in [-0.1, -0.05) is 11.6 Å². The average molecular weight is 268 g/mol. The lowest BCUT2D eigenvalue weighted by Crippen LogP contribution is -2.03. The monoisotopic (exact) mass is 267 g/mol. The van der Waals surface area contributed by atoms with Crippen LogP contribution in [0.25, 0.3) is 0 Å². The molecule has 0 saturated heterocycles. The van der Waals surface area contributed by atoms with E-state index in [9.17, 15) is 4.79 Å². The summed E-state index contributed by atoms with van der Waals surface area (Å²) >= 11 is 6.83. The van der Waals surface area contributed by atoms with Crippen LogP contribution in [0.15, 0.2) is 40.8 Å². The quantitative estimate of drug-likeness (QED) is 0.920. The van der Waals surface area contributed by atoms with E-state index in [0.717, 1.165) is 11.8 Å². The molecule has 0 amide bonds. The molecule has 2 rings (SSSR count). The standard InChI is InChI=1S/C10H6ClN3O2S/c11-6-1-2-7(14-5-6)17-9-8(10(15)16)12-3-4-13-9/h1-5H,(H,15,16). The van der Waals surface area contributed by atoms with E-state index in [4.69, 9.17) is 16.7 Å². The van der Waals surface area contributed by atoms with E-state index < -0.39 is 5.97 Å². The largest absolute Gasteiger partial charge is 0.476 e. The first-order valence-corrected chi connectivity index (χ1v) is 5.70. The van der Waals surface area contributed by atoms with E-state index in [-0.39, 0.29) is 5.69 Å². The highest BCUT2D eigenvalue weighted by Gasteiger charge is 2.14. The van der Waals surface area contributed by atoms with Crippen LogP contribution in [0, 0.1) is 0 Å². The number of nitrogens with zero attached hydrogens (tertiary/aromatic N) is 3. The Balaban J connectivity index is 2.30. The van der Waals surface area contributed by atoms with E-state index in [1.807, 2.05) is 0 Å². The molecule has 0 aliphatic carbocycles. The lowest BCUT2D eigenvalue weighted by molar-refractivity contribution is 0.0685. The van der Waals surface area contributed by atoms with Crippen molar-refractivity contribution in [3.8, 4) is 0 Å². The summed E-state index contributed by atoms with van der Waals surface area (Å²) in [7, 11) is 0. The van der Waals surface area contributed by atoms with Gasteiger partial charge in [-0.3, -0.25) is 0 Å². The molecule has 1 N–H and O–H groups in total. The van der Waals surface area contributed by atoms with Gasteiger partial charge in [0.2, 0.25) is 0 Å². The molecule has 0 radical (unpaired) electrons. The molecule has 2 heterocycles. The zero-order valence-electron chi connectivity index (χ0n) is 8.37. The molecule has 17 heavy (non-hydrogen) atoms. The van der Waals surface area contributed by atoms with E-state index in [2.05, 4.69) is 15.0 Å². The third-order valence-corrected chi connectivity index (χ3v) is 2.94. The van der Waals surface area contributed by atoms with Gasteiger partial charge in [0.1, 0.15) is 10.1 Å². The summed E-state index contributed by atoms with van der Waals surface area (Å²) in [6.45, 7) is 0. The Kier molecular flexibility index (Phi) is 3.55. The summed E-state index contributed by atoms with van der Waals surface area (Å²) in [5, 5.41) is 10.4. The molecule has 86 valence electrons. The predicted molar refractivity (Wildman–Crippen MR) is 62.4 cm³/mol. The van der Waals surface area contributed by atoms with Crippen LogP contribution >= 0.6 is 23.4 Å². The first-order valence-electron chi connectivity index (χ1n) is 4.50. The van der Waals surface area contributed by atoms with E-state index in [1.54, 1.807) is 12.1 Å². The van der Waals surface area contributed by atoms with E-state index >= 15 is 0 Å². The third kappa shape index (κ3) is 2.92. The van der Waals surface area contributed by atoms with Gasteiger partial charge in [0.25, 0.3) is 0 Å². The molecule has 0 fully saturated rings. The Hall–Kier alpha value is -1.66. The SMILES string of the molecule is O=C(O)c1nccnc1Sc1ccc(Cl)cn1. The van der Waals surface area contributed by atoms with Gasteiger partial charge in [-0.15, -0.1) is 0 Å². The third-order valence-electron chi connectivity index (χ3n) is 1.77. The van der Waals surface area contributed by atoms with Gasteiger partial charge in [0, 0.05) is 18.6 Å². The topological polar surface area (TPSA) is 76.0 Å². The first-order chi connectivity index (χ1) is 8.16. The summed E-state index contributed by atoms with van der Waals surface area (Å²) in [6.07, 6.45) is 4.26. The second-order valence-corrected chi connectivity index (χ2v) is 4.38. The van der Waals surface area contributed by atoms with Crippen molar-refractivity contribution in [3.05, 3.63) is 41.4 Å². The number of rotatable bonds is 3. The summed E-state index contributed by atoms with van der Waals surface area (Å²) in [6, 6.07) is 3.36. The Morgan fingerprint density at radius 3 is 2.65 bits per heavy atom. The average Bonchev–Trinajstić information content (AvgIpc) is 2.32. The highest BCUT2D eigenvalue weighted by Crippen LogP contribution is 2.26. The Morgan fingerprint density at radius 2 is 2.00 bits per heavy atom. The molecule has 0 aliphatic rings. The van der Waals surface area contributed by atoms with Crippen LogP contribution in [0.4, 0.5) is 0 Å². The van der Waals surface area contributed by atoms with E-state index in [0.29, 0.717) is 15.1 Å². The minimum Gasteiger partial charge on any atom is -0.476 e. The molecule has 5 nitrogen and oxygen atoms in total. The van der Waals surface area contributed by atoms with Gasteiger partial charge in [-0.2, -0.15) is 0 Å². The summed E-state index contributed by atoms with van der Waals surface area (Å²) in [4.78, 5) is 22.7. The molecular weight excluding hydrogens is 262 g/mol. The van der Waals surface area contributed by atoms with Crippen molar-refractivity contribution in [2.45, 2.75) is 10.1 Å². The Bertz CT molecular complexity index is 548. The zero-order chi connectivity index (χ0) is 12.3. The zero-order valence-corrected chi connectivity index (χ0v) is 9.94. The molecule has 0 spiro atoms. The lowest BCUT2D eigenvalue weighted by atomic mass is 10.5. The number of aromatic carboxylic acids is 1. The highest BCUT2D eigenvalue weighted by molar-refractivity contribution is 7.99. The van der Waals surface area contributed by atoms with Gasteiger partial charge in [0.05, 0.1) is 5.02 Å². The van der Waals surface area contributed by atoms with Crippen LogP contribution in [-0.4, -0.2) is 26.0 Å². The van der Waals surface area contributed by atoms with Crippen LogP contribution in [0.3, 0.4) is 0 Å². The molecule has 0 aliphatic heterocycles. The minimum atomic E-state index is -1.12. The number of carboxylic acids is 1. The van der Waals surface area contributed by atoms with Crippen molar-refractivity contribution in [1.29, 1.82) is 0 Å². The molecule has 0 saturated carbocycles. The van der Waals surface area contributed by atoms with Crippen LogP contribution < -0.4 is 0 Å². The van der Waals surface area contributed by atoms with Crippen molar-refractivity contribution in [2.24, 2.45) is 0 Å². The fourth-order valence-corrected chi connectivity index (χ4v) is 1.97. The minimum absolute atomic E-state index is 0.0887. The van der Waals surface area contributed by atoms with Gasteiger partial charge in [-0.05, 0) is 23.9 Å². The highest BCUT2D eigenvalue weighted by atomic mass is 35.5. The number of hydrogen-bond acceptors (Lipinski definition) is 5. The Labute approximate surface area is 106 Å². The van der Waals surface area contributed by atoms with Gasteiger partial charge in [-0.25, -0.2) is 19.7 Å². The number of halogens is 1. The molecular formula is C10H6ClN3O2S. The van der Waals surface area contributed by atoms with Crippen LogP contribution in [0.1, 0.15) is 10.5 Å².